The molecule has 2 saturated heterocycles. The van der Waals surface area contributed by atoms with Crippen molar-refractivity contribution in [2.24, 2.45) is 52.3 Å². The van der Waals surface area contributed by atoms with Crippen LogP contribution in [0.3, 0.4) is 0 Å². The number of ether oxygens (including phenoxy) is 2. The van der Waals surface area contributed by atoms with Crippen LogP contribution in [0.1, 0.15) is 121 Å². The minimum absolute atomic E-state index is 0.0173. The van der Waals surface area contributed by atoms with Gasteiger partial charge in [0.15, 0.2) is 22.4 Å². The van der Waals surface area contributed by atoms with E-state index in [1.54, 1.807) is 0 Å². The molecule has 12 atom stereocenters. The Morgan fingerprint density at radius 1 is 0.800 bits per heavy atom. The Balaban J connectivity index is 1.47. The van der Waals surface area contributed by atoms with Gasteiger partial charge in [0.05, 0.1) is 25.6 Å². The van der Waals surface area contributed by atoms with Crippen LogP contribution in [0.25, 0.3) is 0 Å². The Labute approximate surface area is 309 Å². The van der Waals surface area contributed by atoms with Crippen LogP contribution < -0.4 is 0 Å². The molecule has 0 aromatic heterocycles. The maximum absolute atomic E-state index is 12.6. The van der Waals surface area contributed by atoms with Crippen LogP contribution in [0.4, 0.5) is 0 Å². The zero-order valence-electron chi connectivity index (χ0n) is 34.7. The highest BCUT2D eigenvalue weighted by Gasteiger charge is 2.69. The fraction of sp³-hybridized carbons (Fsp3) is 1.00. The van der Waals surface area contributed by atoms with Gasteiger partial charge in [0.2, 0.25) is 0 Å². The molecule has 3 saturated carbocycles. The lowest BCUT2D eigenvalue weighted by molar-refractivity contribution is -0.272. The van der Waals surface area contributed by atoms with E-state index in [-0.39, 0.29) is 45.6 Å². The second kappa shape index (κ2) is 13.7. The van der Waals surface area contributed by atoms with Crippen molar-refractivity contribution < 1.29 is 30.9 Å². The van der Waals surface area contributed by atoms with Gasteiger partial charge in [-0.2, -0.15) is 8.42 Å². The van der Waals surface area contributed by atoms with Crippen molar-refractivity contribution in [2.75, 3.05) is 26.1 Å². The van der Waals surface area contributed by atoms with Crippen molar-refractivity contribution in [3.05, 3.63) is 0 Å². The molecule has 0 aromatic carbocycles. The van der Waals surface area contributed by atoms with Crippen LogP contribution in [0.2, 0.25) is 36.3 Å². The highest BCUT2D eigenvalue weighted by molar-refractivity contribution is 7.85. The first kappa shape index (κ1) is 41.3. The van der Waals surface area contributed by atoms with Crippen molar-refractivity contribution in [1.82, 2.24) is 0 Å². The number of rotatable bonds is 9. The van der Waals surface area contributed by atoms with E-state index >= 15 is 0 Å². The fourth-order valence-electron chi connectivity index (χ4n) is 10.9. The molecule has 2 heterocycles. The maximum atomic E-state index is 12.6. The van der Waals surface area contributed by atoms with Crippen molar-refractivity contribution in [2.45, 2.75) is 175 Å². The van der Waals surface area contributed by atoms with Crippen LogP contribution in [0, 0.1) is 52.3 Å². The lowest BCUT2D eigenvalue weighted by atomic mass is 9.48. The highest BCUT2D eigenvalue weighted by Crippen LogP contribution is 2.69. The maximum Gasteiger partial charge on any atom is 0.264 e. The Bertz CT molecular complexity index is 1310. The summed E-state index contributed by atoms with van der Waals surface area (Å²) in [4.78, 5) is 0. The molecule has 3 aliphatic carbocycles. The average molecular weight is 757 g/mol. The zero-order valence-corrected chi connectivity index (χ0v) is 37.6. The first-order valence-corrected chi connectivity index (χ1v) is 27.8. The van der Waals surface area contributed by atoms with Gasteiger partial charge in [0.1, 0.15) is 0 Å². The summed E-state index contributed by atoms with van der Waals surface area (Å²) in [5.41, 5.74) is 0.0324. The van der Waals surface area contributed by atoms with Crippen LogP contribution in [0.5, 0.6) is 0 Å². The minimum atomic E-state index is -3.59. The summed E-state index contributed by atoms with van der Waals surface area (Å²) in [5, 5.41) is 0.283. The molecular formula is C40H76O7SSi2. The Morgan fingerprint density at radius 2 is 1.42 bits per heavy atom. The average Bonchev–Trinajstić information content (AvgIpc) is 3.41. The summed E-state index contributed by atoms with van der Waals surface area (Å²) >= 11 is 0. The van der Waals surface area contributed by atoms with Gasteiger partial charge in [-0.25, -0.2) is 0 Å². The Hall–Kier alpha value is 0.184. The third-order valence-corrected chi connectivity index (χ3v) is 25.8. The van der Waals surface area contributed by atoms with Crippen LogP contribution in [-0.2, 0) is 32.6 Å². The lowest BCUT2D eigenvalue weighted by Crippen LogP contribution is -2.56. The summed E-state index contributed by atoms with van der Waals surface area (Å²) in [6.07, 6.45) is 9.98. The third kappa shape index (κ3) is 7.68. The molecule has 0 radical (unpaired) electrons. The Kier molecular flexibility index (Phi) is 11.4. The molecule has 2 aliphatic heterocycles. The van der Waals surface area contributed by atoms with Gasteiger partial charge in [0.25, 0.3) is 10.1 Å². The Morgan fingerprint density at radius 3 is 1.98 bits per heavy atom. The summed E-state index contributed by atoms with van der Waals surface area (Å²) in [6.45, 7) is 34.9. The molecule has 5 rings (SSSR count). The summed E-state index contributed by atoms with van der Waals surface area (Å²) < 4.78 is 58.9. The zero-order chi connectivity index (χ0) is 37.5. The quantitative estimate of drug-likeness (QED) is 0.171. The number of fused-ring (bicyclic) bond motifs is 3. The molecule has 5 aliphatic rings. The van der Waals surface area contributed by atoms with Crippen molar-refractivity contribution in [3.63, 3.8) is 0 Å². The van der Waals surface area contributed by atoms with E-state index in [1.165, 1.54) is 6.26 Å². The summed E-state index contributed by atoms with van der Waals surface area (Å²) in [5.74, 6) is 1.95. The molecule has 7 nitrogen and oxygen atoms in total. The lowest BCUT2D eigenvalue weighted by Gasteiger charge is -2.58. The molecule has 292 valence electrons. The molecule has 50 heavy (non-hydrogen) atoms. The van der Waals surface area contributed by atoms with Crippen molar-refractivity contribution in [3.8, 4) is 0 Å². The van der Waals surface area contributed by atoms with Gasteiger partial charge in [0, 0.05) is 25.0 Å². The first-order chi connectivity index (χ1) is 22.7. The van der Waals surface area contributed by atoms with Crippen LogP contribution in [0.15, 0.2) is 0 Å². The number of hydrogen-bond donors (Lipinski definition) is 0. The topological polar surface area (TPSA) is 80.3 Å². The van der Waals surface area contributed by atoms with E-state index < -0.39 is 32.5 Å². The van der Waals surface area contributed by atoms with Crippen LogP contribution >= 0.6 is 0 Å². The summed E-state index contributed by atoms with van der Waals surface area (Å²) in [6, 6.07) is 0. The number of hydrogen-bond acceptors (Lipinski definition) is 7. The molecule has 0 aromatic rings. The predicted molar refractivity (Wildman–Crippen MR) is 208 cm³/mol. The predicted octanol–water partition coefficient (Wildman–Crippen LogP) is 10.0. The van der Waals surface area contributed by atoms with Gasteiger partial charge in [-0.05, 0) is 128 Å². The van der Waals surface area contributed by atoms with E-state index in [1.807, 2.05) is 0 Å². The molecule has 0 unspecified atom stereocenters. The van der Waals surface area contributed by atoms with E-state index in [4.69, 9.17) is 22.5 Å². The largest absolute Gasteiger partial charge is 0.417 e. The molecule has 0 N–H and O–H groups in total. The monoisotopic (exact) mass is 756 g/mol. The van der Waals surface area contributed by atoms with E-state index in [9.17, 15) is 8.42 Å². The first-order valence-electron chi connectivity index (χ1n) is 20.1. The molecule has 5 fully saturated rings. The minimum Gasteiger partial charge on any atom is -0.417 e. The third-order valence-electron chi connectivity index (χ3n) is 16.2. The van der Waals surface area contributed by atoms with E-state index in [0.717, 1.165) is 64.6 Å². The molecule has 0 bridgehead atoms. The van der Waals surface area contributed by atoms with Gasteiger partial charge in [-0.15, -0.1) is 0 Å². The van der Waals surface area contributed by atoms with Gasteiger partial charge >= 0.3 is 0 Å². The van der Waals surface area contributed by atoms with Crippen molar-refractivity contribution >= 4 is 26.8 Å². The van der Waals surface area contributed by atoms with Crippen LogP contribution in [-0.4, -0.2) is 69.1 Å². The molecule has 0 amide bonds. The molecule has 10 heteroatoms. The standard InChI is InChI=1S/C40H76O7SSi2/c1-27-16-21-40(43-24-27)28(2)35-34(46-40)23-33-31(26-44-48(11,41)42)32(18-20-39(33,35)10)38(9)19-17-30(47-50(14,15)37(6,7)8)22-29(38)25-45-49(12,13)36(3,4)5/h27-35H,16-26H2,1-15H3/t27-,28+,29-,30+,31-,32+,33+,34+,35+,38+,39+,40-/m1/s1. The van der Waals surface area contributed by atoms with Crippen molar-refractivity contribution in [1.29, 1.82) is 0 Å². The summed E-state index contributed by atoms with van der Waals surface area (Å²) in [7, 11) is -7.55. The second-order valence-corrected chi connectivity index (χ2v) is 32.6. The van der Waals surface area contributed by atoms with Gasteiger partial charge in [-0.1, -0.05) is 69.2 Å². The second-order valence-electron chi connectivity index (χ2n) is 21.4. The smallest absolute Gasteiger partial charge is 0.264 e. The molecule has 1 spiro atoms. The normalized spacial score (nSPS) is 43.2. The highest BCUT2D eigenvalue weighted by atomic mass is 32.2. The van der Waals surface area contributed by atoms with Gasteiger partial charge in [-0.3, -0.25) is 4.18 Å². The fourth-order valence-corrected chi connectivity index (χ4v) is 13.8. The van der Waals surface area contributed by atoms with E-state index in [2.05, 4.69) is 95.4 Å². The SMILES string of the molecule is C[C@@H]1CC[C@@]2(OC1)O[C@H]1C[C@H]3[C@H](COS(C)(=O)=O)[C@@H]([C@@]4(C)CC[C@H](O[Si](C)(C)C(C)(C)C)C[C@@H]4CO[Si](C)(C)C(C)(C)C)CC[C@]3(C)[C@H]1[C@@H]2C. The van der Waals surface area contributed by atoms with E-state index in [0.29, 0.717) is 35.5 Å². The van der Waals surface area contributed by atoms with Gasteiger partial charge < -0.3 is 18.3 Å². The molecular weight excluding hydrogens is 681 g/mol.